The molecule has 0 saturated carbocycles. The van der Waals surface area contributed by atoms with Crippen molar-refractivity contribution in [3.8, 4) is 0 Å². The molecule has 0 radical (unpaired) electrons. The number of halogens is 2. The SMILES string of the molecule is O=C(O)c1cnc(Cc2ccc(Cl)cc2)nc1Cl. The van der Waals surface area contributed by atoms with E-state index < -0.39 is 5.97 Å². The highest BCUT2D eigenvalue weighted by Crippen LogP contribution is 2.15. The van der Waals surface area contributed by atoms with E-state index in [4.69, 9.17) is 28.3 Å². The molecule has 1 heterocycles. The van der Waals surface area contributed by atoms with Crippen molar-refractivity contribution in [2.75, 3.05) is 0 Å². The largest absolute Gasteiger partial charge is 0.478 e. The zero-order chi connectivity index (χ0) is 13.1. The molecule has 0 fully saturated rings. The first-order chi connectivity index (χ1) is 8.56. The molecule has 2 rings (SSSR count). The van der Waals surface area contributed by atoms with Crippen LogP contribution in [0.5, 0.6) is 0 Å². The Morgan fingerprint density at radius 3 is 2.44 bits per heavy atom. The molecule has 2 aromatic rings. The van der Waals surface area contributed by atoms with Gasteiger partial charge in [-0.05, 0) is 17.7 Å². The summed E-state index contributed by atoms with van der Waals surface area (Å²) in [5.74, 6) is -0.676. The van der Waals surface area contributed by atoms with Gasteiger partial charge in [-0.25, -0.2) is 14.8 Å². The Morgan fingerprint density at radius 1 is 1.22 bits per heavy atom. The molecule has 1 aromatic carbocycles. The van der Waals surface area contributed by atoms with Crippen LogP contribution in [0, 0.1) is 0 Å². The molecule has 0 aliphatic rings. The molecule has 92 valence electrons. The van der Waals surface area contributed by atoms with Crippen molar-refractivity contribution in [1.82, 2.24) is 9.97 Å². The number of hydrogen-bond donors (Lipinski definition) is 1. The van der Waals surface area contributed by atoms with Crippen LogP contribution < -0.4 is 0 Å². The maximum atomic E-state index is 10.7. The van der Waals surface area contributed by atoms with Crippen LogP contribution in [0.15, 0.2) is 30.5 Å². The average Bonchev–Trinajstić information content (AvgIpc) is 2.32. The van der Waals surface area contributed by atoms with Gasteiger partial charge in [0.25, 0.3) is 0 Å². The lowest BCUT2D eigenvalue weighted by atomic mass is 10.1. The Labute approximate surface area is 113 Å². The van der Waals surface area contributed by atoms with Crippen LogP contribution in [0.25, 0.3) is 0 Å². The summed E-state index contributed by atoms with van der Waals surface area (Å²) in [4.78, 5) is 18.7. The van der Waals surface area contributed by atoms with E-state index in [1.807, 2.05) is 12.1 Å². The minimum atomic E-state index is -1.14. The maximum Gasteiger partial charge on any atom is 0.340 e. The molecule has 0 amide bonds. The van der Waals surface area contributed by atoms with Gasteiger partial charge in [-0.3, -0.25) is 0 Å². The zero-order valence-corrected chi connectivity index (χ0v) is 10.6. The normalized spacial score (nSPS) is 10.3. The van der Waals surface area contributed by atoms with E-state index in [2.05, 4.69) is 9.97 Å². The van der Waals surface area contributed by atoms with Gasteiger partial charge in [-0.1, -0.05) is 35.3 Å². The third-order valence-electron chi connectivity index (χ3n) is 2.30. The Kier molecular flexibility index (Phi) is 3.79. The second-order valence-corrected chi connectivity index (χ2v) is 4.39. The molecule has 0 aliphatic heterocycles. The van der Waals surface area contributed by atoms with E-state index in [1.165, 1.54) is 6.20 Å². The summed E-state index contributed by atoms with van der Waals surface area (Å²) in [6.07, 6.45) is 1.68. The van der Waals surface area contributed by atoms with Crippen molar-refractivity contribution in [2.45, 2.75) is 6.42 Å². The van der Waals surface area contributed by atoms with Crippen LogP contribution in [-0.2, 0) is 6.42 Å². The standard InChI is InChI=1S/C12H8Cl2N2O2/c13-8-3-1-7(2-4-8)5-10-15-6-9(12(17)18)11(14)16-10/h1-4,6H,5H2,(H,17,18). The van der Waals surface area contributed by atoms with Gasteiger partial charge in [0, 0.05) is 17.6 Å². The molecule has 4 nitrogen and oxygen atoms in total. The van der Waals surface area contributed by atoms with Gasteiger partial charge in [-0.15, -0.1) is 0 Å². The molecule has 0 aliphatic carbocycles. The summed E-state index contributed by atoms with van der Waals surface area (Å²) in [5.41, 5.74) is 0.870. The van der Waals surface area contributed by atoms with Gasteiger partial charge in [0.1, 0.15) is 16.5 Å². The Hall–Kier alpha value is -1.65. The number of aromatic nitrogens is 2. The van der Waals surface area contributed by atoms with Crippen LogP contribution in [0.4, 0.5) is 0 Å². The average molecular weight is 283 g/mol. The number of carboxylic acids is 1. The first-order valence-corrected chi connectivity index (χ1v) is 5.81. The van der Waals surface area contributed by atoms with E-state index in [9.17, 15) is 4.79 Å². The second-order valence-electron chi connectivity index (χ2n) is 3.60. The number of carboxylic acid groups (broad SMARTS) is 1. The maximum absolute atomic E-state index is 10.7. The summed E-state index contributed by atoms with van der Waals surface area (Å²) in [6.45, 7) is 0. The molecule has 0 atom stereocenters. The van der Waals surface area contributed by atoms with Crippen LogP contribution in [0.1, 0.15) is 21.7 Å². The van der Waals surface area contributed by atoms with Gasteiger partial charge in [-0.2, -0.15) is 0 Å². The lowest BCUT2D eigenvalue weighted by molar-refractivity contribution is 0.0696. The van der Waals surface area contributed by atoms with Crippen molar-refractivity contribution in [1.29, 1.82) is 0 Å². The van der Waals surface area contributed by atoms with E-state index in [-0.39, 0.29) is 10.7 Å². The first-order valence-electron chi connectivity index (χ1n) is 5.05. The van der Waals surface area contributed by atoms with Crippen molar-refractivity contribution < 1.29 is 9.90 Å². The van der Waals surface area contributed by atoms with Crippen molar-refractivity contribution >= 4 is 29.2 Å². The summed E-state index contributed by atoms with van der Waals surface area (Å²) in [6, 6.07) is 7.24. The van der Waals surface area contributed by atoms with Gasteiger partial charge in [0.2, 0.25) is 0 Å². The van der Waals surface area contributed by atoms with Crippen LogP contribution in [0.3, 0.4) is 0 Å². The van der Waals surface area contributed by atoms with E-state index in [0.29, 0.717) is 17.3 Å². The van der Waals surface area contributed by atoms with E-state index in [1.54, 1.807) is 12.1 Å². The predicted octanol–water partition coefficient (Wildman–Crippen LogP) is 3.07. The molecule has 18 heavy (non-hydrogen) atoms. The topological polar surface area (TPSA) is 63.1 Å². The Balaban J connectivity index is 2.22. The molecule has 0 saturated heterocycles. The quantitative estimate of drug-likeness (QED) is 0.879. The number of nitrogens with zero attached hydrogens (tertiary/aromatic N) is 2. The van der Waals surface area contributed by atoms with Crippen LogP contribution in [0.2, 0.25) is 10.2 Å². The van der Waals surface area contributed by atoms with E-state index in [0.717, 1.165) is 5.56 Å². The molecule has 6 heteroatoms. The molecule has 0 bridgehead atoms. The number of rotatable bonds is 3. The van der Waals surface area contributed by atoms with Crippen LogP contribution in [-0.4, -0.2) is 21.0 Å². The lowest BCUT2D eigenvalue weighted by Crippen LogP contribution is -2.04. The van der Waals surface area contributed by atoms with Crippen molar-refractivity contribution in [2.24, 2.45) is 0 Å². The highest BCUT2D eigenvalue weighted by atomic mass is 35.5. The van der Waals surface area contributed by atoms with Gasteiger partial charge in [0.15, 0.2) is 0 Å². The highest BCUT2D eigenvalue weighted by molar-refractivity contribution is 6.32. The number of carbonyl (C=O) groups is 1. The van der Waals surface area contributed by atoms with Gasteiger partial charge < -0.3 is 5.11 Å². The number of aromatic carboxylic acids is 1. The fraction of sp³-hybridized carbons (Fsp3) is 0.0833. The number of benzene rings is 1. The smallest absolute Gasteiger partial charge is 0.340 e. The molecule has 0 spiro atoms. The molecular weight excluding hydrogens is 275 g/mol. The highest BCUT2D eigenvalue weighted by Gasteiger charge is 2.11. The predicted molar refractivity (Wildman–Crippen MR) is 68.3 cm³/mol. The van der Waals surface area contributed by atoms with Gasteiger partial charge in [0.05, 0.1) is 0 Å². The zero-order valence-electron chi connectivity index (χ0n) is 9.10. The fourth-order valence-corrected chi connectivity index (χ4v) is 1.76. The molecule has 1 aromatic heterocycles. The summed E-state index contributed by atoms with van der Waals surface area (Å²) < 4.78 is 0. The second kappa shape index (κ2) is 5.33. The summed E-state index contributed by atoms with van der Waals surface area (Å²) in [5, 5.41) is 9.40. The number of hydrogen-bond acceptors (Lipinski definition) is 3. The Morgan fingerprint density at radius 2 is 1.89 bits per heavy atom. The van der Waals surface area contributed by atoms with Crippen molar-refractivity contribution in [3.05, 3.63) is 57.6 Å². The summed E-state index contributed by atoms with van der Waals surface area (Å²) >= 11 is 11.5. The van der Waals surface area contributed by atoms with E-state index >= 15 is 0 Å². The molecule has 0 unspecified atom stereocenters. The Bertz CT molecular complexity index is 585. The van der Waals surface area contributed by atoms with Crippen molar-refractivity contribution in [3.63, 3.8) is 0 Å². The molecular formula is C12H8Cl2N2O2. The minimum absolute atomic E-state index is 0.0542. The third-order valence-corrected chi connectivity index (χ3v) is 2.84. The van der Waals surface area contributed by atoms with Gasteiger partial charge >= 0.3 is 5.97 Å². The summed E-state index contributed by atoms with van der Waals surface area (Å²) in [7, 11) is 0. The fourth-order valence-electron chi connectivity index (χ4n) is 1.41. The van der Waals surface area contributed by atoms with Crippen LogP contribution >= 0.6 is 23.2 Å². The lowest BCUT2D eigenvalue weighted by Gasteiger charge is -2.03. The molecule has 1 N–H and O–H groups in total. The monoisotopic (exact) mass is 282 g/mol. The third kappa shape index (κ3) is 2.97. The minimum Gasteiger partial charge on any atom is -0.478 e. The first kappa shape index (κ1) is 12.8.